The van der Waals surface area contributed by atoms with Crippen LogP contribution >= 0.6 is 0 Å². The van der Waals surface area contributed by atoms with E-state index < -0.39 is 35.3 Å². The summed E-state index contributed by atoms with van der Waals surface area (Å²) < 4.78 is 65.2. The molecule has 1 fully saturated rings. The minimum absolute atomic E-state index is 0.162. The van der Waals surface area contributed by atoms with Crippen LogP contribution in [0.3, 0.4) is 0 Å². The third-order valence-electron chi connectivity index (χ3n) is 8.44. The highest BCUT2D eigenvalue weighted by molar-refractivity contribution is 5.91. The Kier molecular flexibility index (Phi) is 16.8. The molecule has 9 heteroatoms. The molecule has 1 atom stereocenters. The van der Waals surface area contributed by atoms with Gasteiger partial charge < -0.3 is 18.9 Å². The van der Waals surface area contributed by atoms with E-state index >= 15 is 0 Å². The highest BCUT2D eigenvalue weighted by atomic mass is 19.2. The normalized spacial score (nSPS) is 16.9. The number of halogens is 3. The Hall–Kier alpha value is -3.23. The van der Waals surface area contributed by atoms with Crippen LogP contribution in [0.2, 0.25) is 0 Å². The van der Waals surface area contributed by atoms with Gasteiger partial charge in [-0.15, -0.1) is 0 Å². The summed E-state index contributed by atoms with van der Waals surface area (Å²) >= 11 is 0. The zero-order valence-corrected chi connectivity index (χ0v) is 27.5. The first-order valence-corrected chi connectivity index (χ1v) is 17.2. The quantitative estimate of drug-likeness (QED) is 0.0762. The molecule has 0 spiro atoms. The van der Waals surface area contributed by atoms with E-state index in [0.29, 0.717) is 31.6 Å². The van der Waals surface area contributed by atoms with Gasteiger partial charge in [0.1, 0.15) is 17.6 Å². The molecule has 46 heavy (non-hydrogen) atoms. The van der Waals surface area contributed by atoms with Gasteiger partial charge in [-0.1, -0.05) is 78.1 Å². The molecule has 6 nitrogen and oxygen atoms in total. The first-order chi connectivity index (χ1) is 22.3. The van der Waals surface area contributed by atoms with E-state index in [9.17, 15) is 22.8 Å². The van der Waals surface area contributed by atoms with Gasteiger partial charge in [0.2, 0.25) is 5.82 Å². The van der Waals surface area contributed by atoms with E-state index in [4.69, 9.17) is 18.9 Å². The van der Waals surface area contributed by atoms with Gasteiger partial charge in [0.25, 0.3) is 0 Å². The number of esters is 2. The molecule has 0 radical (unpaired) electrons. The lowest BCUT2D eigenvalue weighted by atomic mass is 9.88. The molecule has 0 aromatic heterocycles. The highest BCUT2D eigenvalue weighted by Gasteiger charge is 2.27. The molecule has 1 saturated carbocycles. The minimum Gasteiger partial charge on any atom is -0.493 e. The number of alkyl halides is 1. The van der Waals surface area contributed by atoms with Gasteiger partial charge in [0.15, 0.2) is 17.7 Å². The van der Waals surface area contributed by atoms with Crippen LogP contribution in [-0.2, 0) is 9.53 Å². The van der Waals surface area contributed by atoms with Crippen molar-refractivity contribution in [3.63, 3.8) is 0 Å². The molecule has 3 rings (SSSR count). The monoisotopic (exact) mass is 648 g/mol. The Balaban J connectivity index is 1.35. The average Bonchev–Trinajstić information content (AvgIpc) is 3.06. The molecule has 2 aromatic carbocycles. The average molecular weight is 649 g/mol. The molecule has 2 aromatic rings. The fraction of sp³-hybridized carbons (Fsp3) is 0.622. The van der Waals surface area contributed by atoms with Gasteiger partial charge in [0, 0.05) is 0 Å². The lowest BCUT2D eigenvalue weighted by Crippen LogP contribution is -2.30. The highest BCUT2D eigenvalue weighted by Crippen LogP contribution is 2.29. The van der Waals surface area contributed by atoms with Crippen molar-refractivity contribution >= 4 is 11.9 Å². The van der Waals surface area contributed by atoms with E-state index in [0.717, 1.165) is 38.5 Å². The summed E-state index contributed by atoms with van der Waals surface area (Å²) in [7, 11) is 0. The Morgan fingerprint density at radius 1 is 0.739 bits per heavy atom. The van der Waals surface area contributed by atoms with Crippen molar-refractivity contribution in [1.82, 2.24) is 0 Å². The molecule has 0 aliphatic heterocycles. The van der Waals surface area contributed by atoms with Gasteiger partial charge in [-0.2, -0.15) is 4.39 Å². The van der Waals surface area contributed by atoms with Crippen molar-refractivity contribution in [2.75, 3.05) is 13.2 Å². The van der Waals surface area contributed by atoms with Crippen molar-refractivity contribution < 1.29 is 41.7 Å². The standard InChI is InChI=1S/C37H51F3O6/c1-3-5-7-8-9-10-11-12-13-25-43-33-24-23-31(34(39)35(33)40)36(41)45-30-21-19-28(20-22-30)44-26-27-15-17-29(18-16-27)46-37(42)32(38)14-6-4-2/h19-24,27,29,32H,3-18,25-26H2,1-2H3/t27-,29-,32-/m0/s1. The maximum atomic E-state index is 14.7. The van der Waals surface area contributed by atoms with Crippen molar-refractivity contribution in [2.24, 2.45) is 5.92 Å². The Labute approximate surface area is 272 Å². The fourth-order valence-corrected chi connectivity index (χ4v) is 5.53. The SMILES string of the molecule is CCCCCCCCCCCOc1ccc(C(=O)Oc2ccc(OC[C@H]3CC[C@H](OC(=O)[C@@H](F)CCCC)CC3)cc2)c(F)c1F. The van der Waals surface area contributed by atoms with Crippen LogP contribution in [0.25, 0.3) is 0 Å². The van der Waals surface area contributed by atoms with Gasteiger partial charge >= 0.3 is 11.9 Å². The smallest absolute Gasteiger partial charge is 0.346 e. The number of ether oxygens (including phenoxy) is 4. The first kappa shape index (κ1) is 37.2. The second-order valence-corrected chi connectivity index (χ2v) is 12.3. The molecule has 0 N–H and O–H groups in total. The molecular weight excluding hydrogens is 597 g/mol. The number of unbranched alkanes of at least 4 members (excludes halogenated alkanes) is 9. The molecule has 0 amide bonds. The van der Waals surface area contributed by atoms with Crippen LogP contribution in [0, 0.1) is 17.6 Å². The van der Waals surface area contributed by atoms with E-state index in [1.54, 1.807) is 12.1 Å². The summed E-state index contributed by atoms with van der Waals surface area (Å²) in [6.07, 6.45) is 13.1. The maximum Gasteiger partial charge on any atom is 0.346 e. The maximum absolute atomic E-state index is 14.7. The molecule has 1 aliphatic rings. The molecule has 0 saturated heterocycles. The number of rotatable bonds is 21. The van der Waals surface area contributed by atoms with Crippen molar-refractivity contribution in [2.45, 2.75) is 129 Å². The second-order valence-electron chi connectivity index (χ2n) is 12.3. The lowest BCUT2D eigenvalue weighted by Gasteiger charge is -2.28. The summed E-state index contributed by atoms with van der Waals surface area (Å²) in [4.78, 5) is 24.5. The first-order valence-electron chi connectivity index (χ1n) is 17.2. The predicted molar refractivity (Wildman–Crippen MR) is 172 cm³/mol. The van der Waals surface area contributed by atoms with Gasteiger partial charge in [-0.25, -0.2) is 18.4 Å². The largest absolute Gasteiger partial charge is 0.493 e. The Bertz CT molecular complexity index is 1180. The molecule has 1 aliphatic carbocycles. The number of hydrogen-bond acceptors (Lipinski definition) is 6. The lowest BCUT2D eigenvalue weighted by molar-refractivity contribution is -0.157. The van der Waals surface area contributed by atoms with Crippen LogP contribution in [0.4, 0.5) is 13.2 Å². The van der Waals surface area contributed by atoms with Gasteiger partial charge in [-0.05, 0) is 80.8 Å². The van der Waals surface area contributed by atoms with Crippen molar-refractivity contribution in [3.05, 3.63) is 53.6 Å². The molecule has 0 heterocycles. The van der Waals surface area contributed by atoms with E-state index in [-0.39, 0.29) is 36.5 Å². The number of hydrogen-bond donors (Lipinski definition) is 0. The second kappa shape index (κ2) is 20.8. The summed E-state index contributed by atoms with van der Waals surface area (Å²) in [5.41, 5.74) is -0.516. The minimum atomic E-state index is -1.55. The van der Waals surface area contributed by atoms with Crippen LogP contribution < -0.4 is 14.2 Å². The van der Waals surface area contributed by atoms with Gasteiger partial charge in [-0.3, -0.25) is 0 Å². The van der Waals surface area contributed by atoms with E-state index in [1.165, 1.54) is 62.8 Å². The van der Waals surface area contributed by atoms with Crippen molar-refractivity contribution in [3.8, 4) is 17.2 Å². The number of benzene rings is 2. The Morgan fingerprint density at radius 2 is 1.35 bits per heavy atom. The Morgan fingerprint density at radius 3 is 2.00 bits per heavy atom. The molecular formula is C37H51F3O6. The molecule has 0 unspecified atom stereocenters. The summed E-state index contributed by atoms with van der Waals surface area (Å²) in [6.45, 7) is 4.89. The zero-order chi connectivity index (χ0) is 33.1. The van der Waals surface area contributed by atoms with Crippen LogP contribution in [-0.4, -0.2) is 37.4 Å². The van der Waals surface area contributed by atoms with Crippen LogP contribution in [0.15, 0.2) is 36.4 Å². The zero-order valence-electron chi connectivity index (χ0n) is 27.5. The van der Waals surface area contributed by atoms with Gasteiger partial charge in [0.05, 0.1) is 18.8 Å². The predicted octanol–water partition coefficient (Wildman–Crippen LogP) is 10.1. The third-order valence-corrected chi connectivity index (χ3v) is 8.44. The topological polar surface area (TPSA) is 71.1 Å². The molecule has 256 valence electrons. The number of carbonyl (C=O) groups excluding carboxylic acids is 2. The summed E-state index contributed by atoms with van der Waals surface area (Å²) in [5.74, 6) is -3.51. The molecule has 0 bridgehead atoms. The number of carbonyl (C=O) groups is 2. The summed E-state index contributed by atoms with van der Waals surface area (Å²) in [6, 6.07) is 8.73. The van der Waals surface area contributed by atoms with E-state index in [2.05, 4.69) is 6.92 Å². The third kappa shape index (κ3) is 12.9. The fourth-order valence-electron chi connectivity index (χ4n) is 5.53. The van der Waals surface area contributed by atoms with E-state index in [1.807, 2.05) is 6.92 Å². The van der Waals surface area contributed by atoms with Crippen LogP contribution in [0.5, 0.6) is 17.2 Å². The van der Waals surface area contributed by atoms with Crippen LogP contribution in [0.1, 0.15) is 127 Å². The summed E-state index contributed by atoms with van der Waals surface area (Å²) in [5, 5.41) is 0. The van der Waals surface area contributed by atoms with Crippen molar-refractivity contribution in [1.29, 1.82) is 0 Å².